The van der Waals surface area contributed by atoms with E-state index in [-0.39, 0.29) is 6.67 Å². The first-order chi connectivity index (χ1) is 13.6. The van der Waals surface area contributed by atoms with Crippen molar-refractivity contribution in [2.75, 3.05) is 37.7 Å². The van der Waals surface area contributed by atoms with Crippen LogP contribution in [0.5, 0.6) is 0 Å². The number of halogens is 3. The molecule has 0 atom stereocenters. The number of imide groups is 2. The lowest BCUT2D eigenvalue weighted by Gasteiger charge is -2.26. The minimum Gasteiger partial charge on any atom is -0.355 e. The molecule has 0 saturated carbocycles. The summed E-state index contributed by atoms with van der Waals surface area (Å²) < 4.78 is 38.1. The molecule has 158 valence electrons. The number of pyridine rings is 1. The Hall–Kier alpha value is -2.69. The van der Waals surface area contributed by atoms with E-state index in [1.54, 1.807) is 13.8 Å². The molecule has 1 aromatic rings. The first-order valence-electron chi connectivity index (χ1n) is 9.29. The predicted molar refractivity (Wildman–Crippen MR) is 96.7 cm³/mol. The number of amides is 4. The standard InChI is InChI=1S/C18H22F3N5O3/c1-12(2)26-16(28)15(27)25(17(26)29)11-23-6-3-7-24(9-8-23)14-5-4-13(10-22-14)18(19,20)21/h4-5,10,12H,3,6-9,11H2,1-2H3. The van der Waals surface area contributed by atoms with E-state index in [2.05, 4.69) is 4.98 Å². The molecule has 0 N–H and O–H groups in total. The third-order valence-electron chi connectivity index (χ3n) is 4.93. The van der Waals surface area contributed by atoms with Crippen molar-refractivity contribution in [2.45, 2.75) is 32.5 Å². The highest BCUT2D eigenvalue weighted by Gasteiger charge is 2.46. The summed E-state index contributed by atoms with van der Waals surface area (Å²) >= 11 is 0. The number of rotatable bonds is 4. The van der Waals surface area contributed by atoms with Gasteiger partial charge in [-0.05, 0) is 32.4 Å². The quantitative estimate of drug-likeness (QED) is 0.553. The Morgan fingerprint density at radius 1 is 1.03 bits per heavy atom. The van der Waals surface area contributed by atoms with Gasteiger partial charge in [-0.1, -0.05) is 0 Å². The first kappa shape index (κ1) is 21.0. The van der Waals surface area contributed by atoms with E-state index in [0.717, 1.165) is 22.1 Å². The molecular weight excluding hydrogens is 391 g/mol. The lowest BCUT2D eigenvalue weighted by atomic mass is 10.2. The van der Waals surface area contributed by atoms with E-state index in [9.17, 15) is 27.6 Å². The van der Waals surface area contributed by atoms with Crippen LogP contribution in [0.25, 0.3) is 0 Å². The van der Waals surface area contributed by atoms with Crippen LogP contribution >= 0.6 is 0 Å². The fourth-order valence-electron chi connectivity index (χ4n) is 3.38. The molecular formula is C18H22F3N5O3. The lowest BCUT2D eigenvalue weighted by Crippen LogP contribution is -2.44. The van der Waals surface area contributed by atoms with Crippen LogP contribution in [0.4, 0.5) is 23.8 Å². The largest absolute Gasteiger partial charge is 0.417 e. The third-order valence-corrected chi connectivity index (χ3v) is 4.93. The minimum atomic E-state index is -4.43. The van der Waals surface area contributed by atoms with Crippen LogP contribution in [0, 0.1) is 0 Å². The molecule has 29 heavy (non-hydrogen) atoms. The highest BCUT2D eigenvalue weighted by Crippen LogP contribution is 2.29. The van der Waals surface area contributed by atoms with Crippen molar-refractivity contribution in [3.05, 3.63) is 23.9 Å². The molecule has 0 aliphatic carbocycles. The van der Waals surface area contributed by atoms with Gasteiger partial charge in [-0.15, -0.1) is 0 Å². The Morgan fingerprint density at radius 3 is 2.31 bits per heavy atom. The van der Waals surface area contributed by atoms with Crippen molar-refractivity contribution in [2.24, 2.45) is 0 Å². The predicted octanol–water partition coefficient (Wildman–Crippen LogP) is 1.77. The van der Waals surface area contributed by atoms with E-state index in [1.807, 2.05) is 9.80 Å². The Balaban J connectivity index is 1.62. The number of hydrogen-bond acceptors (Lipinski definition) is 6. The Morgan fingerprint density at radius 2 is 1.76 bits per heavy atom. The number of hydrogen-bond donors (Lipinski definition) is 0. The van der Waals surface area contributed by atoms with Crippen LogP contribution in [0.3, 0.4) is 0 Å². The van der Waals surface area contributed by atoms with Gasteiger partial charge >= 0.3 is 24.0 Å². The first-order valence-corrected chi connectivity index (χ1v) is 9.29. The zero-order valence-corrected chi connectivity index (χ0v) is 16.1. The molecule has 8 nitrogen and oxygen atoms in total. The number of carbonyl (C=O) groups excluding carboxylic acids is 3. The molecule has 0 aromatic carbocycles. The topological polar surface area (TPSA) is 77.1 Å². The van der Waals surface area contributed by atoms with E-state index < -0.39 is 35.6 Å². The molecule has 2 aliphatic rings. The van der Waals surface area contributed by atoms with Gasteiger partial charge in [0.25, 0.3) is 0 Å². The fraction of sp³-hybridized carbons (Fsp3) is 0.556. The number of anilines is 1. The van der Waals surface area contributed by atoms with E-state index in [0.29, 0.717) is 38.4 Å². The number of urea groups is 1. The van der Waals surface area contributed by atoms with Crippen molar-refractivity contribution < 1.29 is 27.6 Å². The van der Waals surface area contributed by atoms with Gasteiger partial charge in [0.2, 0.25) is 0 Å². The highest BCUT2D eigenvalue weighted by molar-refractivity contribution is 6.44. The molecule has 3 heterocycles. The zero-order valence-electron chi connectivity index (χ0n) is 16.1. The molecule has 11 heteroatoms. The Bertz CT molecular complexity index is 797. The van der Waals surface area contributed by atoms with Gasteiger partial charge in [-0.25, -0.2) is 14.7 Å². The van der Waals surface area contributed by atoms with Crippen molar-refractivity contribution >= 4 is 23.7 Å². The van der Waals surface area contributed by atoms with Gasteiger partial charge in [-0.2, -0.15) is 13.2 Å². The maximum absolute atomic E-state index is 12.7. The van der Waals surface area contributed by atoms with Crippen LogP contribution in [0.2, 0.25) is 0 Å². The van der Waals surface area contributed by atoms with E-state index in [1.165, 1.54) is 6.07 Å². The second kappa shape index (κ2) is 7.97. The minimum absolute atomic E-state index is 0.000900. The molecule has 0 radical (unpaired) electrons. The molecule has 1 aromatic heterocycles. The lowest BCUT2D eigenvalue weighted by molar-refractivity contribution is -0.144. The maximum Gasteiger partial charge on any atom is 0.417 e. The van der Waals surface area contributed by atoms with Crippen molar-refractivity contribution in [3.8, 4) is 0 Å². The van der Waals surface area contributed by atoms with Gasteiger partial charge in [-0.3, -0.25) is 19.4 Å². The summed E-state index contributed by atoms with van der Waals surface area (Å²) in [4.78, 5) is 46.1. The van der Waals surface area contributed by atoms with E-state index >= 15 is 0 Å². The van der Waals surface area contributed by atoms with Crippen LogP contribution in [-0.4, -0.2) is 76.4 Å². The summed E-state index contributed by atoms with van der Waals surface area (Å²) in [6.07, 6.45) is -2.95. The molecule has 0 unspecified atom stereocenters. The van der Waals surface area contributed by atoms with Gasteiger partial charge in [0.1, 0.15) is 5.82 Å². The average molecular weight is 413 g/mol. The smallest absolute Gasteiger partial charge is 0.355 e. The van der Waals surface area contributed by atoms with Crippen LogP contribution in [-0.2, 0) is 15.8 Å². The molecule has 0 spiro atoms. The molecule has 0 bridgehead atoms. The number of carbonyl (C=O) groups is 3. The van der Waals surface area contributed by atoms with Crippen molar-refractivity contribution in [1.82, 2.24) is 19.7 Å². The molecule has 4 amide bonds. The summed E-state index contributed by atoms with van der Waals surface area (Å²) in [5.41, 5.74) is -0.803. The van der Waals surface area contributed by atoms with Crippen LogP contribution in [0.1, 0.15) is 25.8 Å². The van der Waals surface area contributed by atoms with Gasteiger partial charge in [0, 0.05) is 38.4 Å². The Kier molecular flexibility index (Phi) is 5.78. The third kappa shape index (κ3) is 4.34. The van der Waals surface area contributed by atoms with Gasteiger partial charge < -0.3 is 4.90 Å². The maximum atomic E-state index is 12.7. The molecule has 2 fully saturated rings. The van der Waals surface area contributed by atoms with E-state index in [4.69, 9.17) is 0 Å². The monoisotopic (exact) mass is 413 g/mol. The zero-order chi connectivity index (χ0) is 21.3. The summed E-state index contributed by atoms with van der Waals surface area (Å²) in [7, 11) is 0. The number of alkyl halides is 3. The van der Waals surface area contributed by atoms with Gasteiger partial charge in [0.05, 0.1) is 12.2 Å². The van der Waals surface area contributed by atoms with Crippen molar-refractivity contribution in [3.63, 3.8) is 0 Å². The second-order valence-electron chi connectivity index (χ2n) is 7.29. The molecule has 2 aliphatic heterocycles. The summed E-state index contributed by atoms with van der Waals surface area (Å²) in [5, 5.41) is 0. The normalized spacial score (nSPS) is 19.5. The fourth-order valence-corrected chi connectivity index (χ4v) is 3.38. The SMILES string of the molecule is CC(C)N1C(=O)C(=O)N(CN2CCCN(c3ccc(C(F)(F)F)cn3)CC2)C1=O. The summed E-state index contributed by atoms with van der Waals surface area (Å²) in [5.74, 6) is -1.22. The highest BCUT2D eigenvalue weighted by atomic mass is 19.4. The van der Waals surface area contributed by atoms with Crippen LogP contribution < -0.4 is 4.90 Å². The average Bonchev–Trinajstić information content (AvgIpc) is 2.82. The van der Waals surface area contributed by atoms with Crippen LogP contribution in [0.15, 0.2) is 18.3 Å². The summed E-state index contributed by atoms with van der Waals surface area (Å²) in [6, 6.07) is 1.30. The Labute approximate surface area is 165 Å². The summed E-state index contributed by atoms with van der Waals surface area (Å²) in [6.45, 7) is 5.41. The number of nitrogens with zero attached hydrogens (tertiary/aromatic N) is 5. The second-order valence-corrected chi connectivity index (χ2v) is 7.29. The molecule has 2 saturated heterocycles. The number of aromatic nitrogens is 1. The van der Waals surface area contributed by atoms with Gasteiger partial charge in [0.15, 0.2) is 0 Å². The van der Waals surface area contributed by atoms with Crippen molar-refractivity contribution in [1.29, 1.82) is 0 Å². The molecule has 3 rings (SSSR count).